The fraction of sp³-hybridized carbons (Fsp3) is 0.333. The molecule has 0 aromatic heterocycles. The molecule has 0 bridgehead atoms. The maximum absolute atomic E-state index is 12.0. The minimum absolute atomic E-state index is 0.0958. The molecule has 2 rings (SSSR count). The van der Waals surface area contributed by atoms with Crippen molar-refractivity contribution < 1.29 is 13.2 Å². The van der Waals surface area contributed by atoms with Gasteiger partial charge in [-0.25, -0.2) is 0 Å². The third-order valence-electron chi connectivity index (χ3n) is 2.11. The molecule has 10 heteroatoms. The average molecular weight is 348 g/mol. The van der Waals surface area contributed by atoms with Crippen LogP contribution < -0.4 is 5.32 Å². The van der Waals surface area contributed by atoms with E-state index in [9.17, 15) is 13.2 Å². The number of alkyl halides is 3. The van der Waals surface area contributed by atoms with Crippen molar-refractivity contribution in [1.82, 2.24) is 0 Å². The normalized spacial score (nSPS) is 13.3. The molecule has 104 valence electrons. The van der Waals surface area contributed by atoms with Gasteiger partial charge in [-0.1, -0.05) is 23.2 Å². The molecule has 1 aromatic rings. The van der Waals surface area contributed by atoms with E-state index in [0.29, 0.717) is 27.1 Å². The Kier molecular flexibility index (Phi) is 4.65. The van der Waals surface area contributed by atoms with Gasteiger partial charge >= 0.3 is 5.51 Å². The molecular weight excluding hydrogens is 342 g/mol. The van der Waals surface area contributed by atoms with E-state index in [-0.39, 0.29) is 24.1 Å². The van der Waals surface area contributed by atoms with Crippen LogP contribution in [0.3, 0.4) is 0 Å². The summed E-state index contributed by atoms with van der Waals surface area (Å²) in [4.78, 5) is 0. The molecule has 1 N–H and O–H groups in total. The molecule has 1 heterocycles. The molecule has 0 unspecified atom stereocenters. The fourth-order valence-corrected chi connectivity index (χ4v) is 3.00. The molecule has 1 aliphatic heterocycles. The van der Waals surface area contributed by atoms with E-state index in [1.807, 2.05) is 0 Å². The number of anilines is 1. The van der Waals surface area contributed by atoms with Crippen LogP contribution in [-0.2, 0) is 11.4 Å². The molecule has 19 heavy (non-hydrogen) atoms. The van der Waals surface area contributed by atoms with Gasteiger partial charge in [0.1, 0.15) is 11.4 Å². The molecule has 3 nitrogen and oxygen atoms in total. The first-order chi connectivity index (χ1) is 8.88. The van der Waals surface area contributed by atoms with Gasteiger partial charge in [-0.15, -0.1) is 0 Å². The van der Waals surface area contributed by atoms with Crippen LogP contribution in [0.4, 0.5) is 30.2 Å². The van der Waals surface area contributed by atoms with Crippen molar-refractivity contribution in [2.45, 2.75) is 5.51 Å². The van der Waals surface area contributed by atoms with E-state index in [2.05, 4.69) is 14.0 Å². The number of rotatable bonds is 4. The largest absolute Gasteiger partial charge is 0.441 e. The van der Waals surface area contributed by atoms with Gasteiger partial charge in [0.15, 0.2) is 0 Å². The number of benzene rings is 1. The Hall–Kier alpha value is -0.440. The van der Waals surface area contributed by atoms with Crippen LogP contribution in [0.1, 0.15) is 0 Å². The molecule has 1 aliphatic rings. The van der Waals surface area contributed by atoms with Gasteiger partial charge in [0, 0.05) is 12.3 Å². The highest BCUT2D eigenvalue weighted by Crippen LogP contribution is 2.47. The lowest BCUT2D eigenvalue weighted by Gasteiger charge is -2.12. The van der Waals surface area contributed by atoms with Gasteiger partial charge in [-0.05, 0) is 17.8 Å². The molecule has 0 saturated carbocycles. The summed E-state index contributed by atoms with van der Waals surface area (Å²) >= 11 is 12.8. The van der Waals surface area contributed by atoms with Crippen molar-refractivity contribution in [3.05, 3.63) is 16.1 Å². The molecule has 0 spiro atoms. The zero-order valence-electron chi connectivity index (χ0n) is 9.09. The molecule has 0 fully saturated rings. The minimum atomic E-state index is -4.23. The van der Waals surface area contributed by atoms with E-state index >= 15 is 0 Å². The van der Waals surface area contributed by atoms with Gasteiger partial charge in [0.05, 0.1) is 27.1 Å². The first-order valence-electron chi connectivity index (χ1n) is 4.93. The number of hydrogen-bond donors (Lipinski definition) is 1. The van der Waals surface area contributed by atoms with Gasteiger partial charge < -0.3 is 5.32 Å². The Labute approximate surface area is 124 Å². The average Bonchev–Trinajstić information content (AvgIpc) is 2.75. The Balaban J connectivity index is 2.06. The fourth-order valence-electron chi connectivity index (χ4n) is 1.39. The quantitative estimate of drug-likeness (QED) is 0.753. The van der Waals surface area contributed by atoms with Crippen molar-refractivity contribution in [2.24, 2.45) is 8.73 Å². The first-order valence-corrected chi connectivity index (χ1v) is 7.40. The van der Waals surface area contributed by atoms with Gasteiger partial charge in [-0.3, -0.25) is 0 Å². The topological polar surface area (TPSA) is 36.8 Å². The Bertz CT molecular complexity index is 571. The second-order valence-corrected chi connectivity index (χ2v) is 5.90. The SMILES string of the molecule is FC(F)(F)SCCNc1c(Cl)cc(Cl)c2c1N=S=N2. The molecule has 0 aliphatic carbocycles. The smallest absolute Gasteiger partial charge is 0.381 e. The lowest BCUT2D eigenvalue weighted by molar-refractivity contribution is -0.0327. The molecule has 0 amide bonds. The molecule has 1 aromatic carbocycles. The Morgan fingerprint density at radius 2 is 1.89 bits per heavy atom. The highest BCUT2D eigenvalue weighted by molar-refractivity contribution is 8.00. The lowest BCUT2D eigenvalue weighted by Crippen LogP contribution is -2.09. The van der Waals surface area contributed by atoms with E-state index in [1.165, 1.54) is 6.07 Å². The highest BCUT2D eigenvalue weighted by atomic mass is 35.5. The zero-order chi connectivity index (χ0) is 14.0. The van der Waals surface area contributed by atoms with Crippen molar-refractivity contribution >= 4 is 63.4 Å². The van der Waals surface area contributed by atoms with Gasteiger partial charge in [0.25, 0.3) is 0 Å². The van der Waals surface area contributed by atoms with Gasteiger partial charge in [0.2, 0.25) is 0 Å². The maximum Gasteiger partial charge on any atom is 0.441 e. The summed E-state index contributed by atoms with van der Waals surface area (Å²) in [6.45, 7) is 0.109. The van der Waals surface area contributed by atoms with Crippen molar-refractivity contribution in [3.63, 3.8) is 0 Å². The standard InChI is InChI=1S/C9H6Cl2F3N3S2/c10-4-3-5(11)7-8(17-19-16-7)6(4)15-1-2-18-9(12,13)14/h3,15H,1-2H2. The third-order valence-corrected chi connectivity index (χ3v) is 3.96. The van der Waals surface area contributed by atoms with Gasteiger partial charge in [-0.2, -0.15) is 21.9 Å². The van der Waals surface area contributed by atoms with Crippen LogP contribution in [0, 0.1) is 0 Å². The van der Waals surface area contributed by atoms with Crippen molar-refractivity contribution in [2.75, 3.05) is 17.6 Å². The van der Waals surface area contributed by atoms with Crippen LogP contribution in [0.25, 0.3) is 0 Å². The highest BCUT2D eigenvalue weighted by Gasteiger charge is 2.27. The van der Waals surface area contributed by atoms with E-state index in [0.717, 1.165) is 11.4 Å². The summed E-state index contributed by atoms with van der Waals surface area (Å²) in [6, 6.07) is 1.49. The molecule has 0 atom stereocenters. The van der Waals surface area contributed by atoms with Crippen molar-refractivity contribution in [1.29, 1.82) is 0 Å². The summed E-state index contributed by atoms with van der Waals surface area (Å²) in [5.74, 6) is -0.123. The van der Waals surface area contributed by atoms with Crippen LogP contribution in [0.5, 0.6) is 0 Å². The lowest BCUT2D eigenvalue weighted by atomic mass is 10.2. The second-order valence-electron chi connectivity index (χ2n) is 3.40. The van der Waals surface area contributed by atoms with Crippen LogP contribution in [0.2, 0.25) is 10.0 Å². The van der Waals surface area contributed by atoms with Crippen molar-refractivity contribution in [3.8, 4) is 0 Å². The van der Waals surface area contributed by atoms with E-state index in [1.54, 1.807) is 0 Å². The third kappa shape index (κ3) is 3.77. The minimum Gasteiger partial charge on any atom is -0.381 e. The summed E-state index contributed by atoms with van der Waals surface area (Å²) in [7, 11) is 0. The molecular formula is C9H6Cl2F3N3S2. The number of thioether (sulfide) groups is 1. The summed E-state index contributed by atoms with van der Waals surface area (Å²) in [6.07, 6.45) is 0. The second kappa shape index (κ2) is 5.90. The summed E-state index contributed by atoms with van der Waals surface area (Å²) in [5, 5.41) is 3.51. The maximum atomic E-state index is 12.0. The predicted molar refractivity (Wildman–Crippen MR) is 75.0 cm³/mol. The predicted octanol–water partition coefficient (Wildman–Crippen LogP) is 5.38. The van der Waals surface area contributed by atoms with Crippen LogP contribution in [-0.4, -0.2) is 17.8 Å². The Morgan fingerprint density at radius 3 is 2.58 bits per heavy atom. The summed E-state index contributed by atoms with van der Waals surface area (Å²) in [5.41, 5.74) is -2.82. The van der Waals surface area contributed by atoms with Crippen LogP contribution in [0.15, 0.2) is 14.8 Å². The zero-order valence-corrected chi connectivity index (χ0v) is 12.2. The Morgan fingerprint density at radius 1 is 1.21 bits per heavy atom. The number of halogens is 5. The first kappa shape index (κ1) is 15.0. The molecule has 0 radical (unpaired) electrons. The van der Waals surface area contributed by atoms with E-state index < -0.39 is 5.51 Å². The number of hydrogen-bond acceptors (Lipinski definition) is 4. The summed E-state index contributed by atoms with van der Waals surface area (Å²) < 4.78 is 44.0. The van der Waals surface area contributed by atoms with E-state index in [4.69, 9.17) is 23.2 Å². The number of fused-ring (bicyclic) bond motifs is 1. The van der Waals surface area contributed by atoms with Crippen LogP contribution >= 0.6 is 35.0 Å². The number of nitrogens with one attached hydrogen (secondary N) is 1. The number of nitrogens with zero attached hydrogens (tertiary/aromatic N) is 2. The monoisotopic (exact) mass is 347 g/mol. The molecule has 0 saturated heterocycles.